The summed E-state index contributed by atoms with van der Waals surface area (Å²) >= 11 is 7.16. The van der Waals surface area contributed by atoms with Gasteiger partial charge in [-0.3, -0.25) is 10.1 Å². The van der Waals surface area contributed by atoms with Gasteiger partial charge in [-0.1, -0.05) is 42.8 Å². The minimum atomic E-state index is -3.51. The second-order valence-corrected chi connectivity index (χ2v) is 9.19. The molecular formula is C19H17ClN2O3S2. The molecule has 5 nitrogen and oxygen atoms in total. The number of sulfone groups is 1. The largest absolute Gasteiger partial charge is 0.298 e. The molecule has 0 fully saturated rings. The maximum absolute atomic E-state index is 12.6. The van der Waals surface area contributed by atoms with Gasteiger partial charge in [0.15, 0.2) is 15.0 Å². The van der Waals surface area contributed by atoms with Crippen molar-refractivity contribution in [2.24, 2.45) is 0 Å². The molecule has 1 amide bonds. The molecule has 140 valence electrons. The van der Waals surface area contributed by atoms with Gasteiger partial charge in [0.1, 0.15) is 0 Å². The Bertz CT molecular complexity index is 1060. The Balaban J connectivity index is 1.84. The maximum atomic E-state index is 12.6. The van der Waals surface area contributed by atoms with Crippen LogP contribution in [0.2, 0.25) is 5.02 Å². The highest BCUT2D eigenvalue weighted by Gasteiger charge is 2.22. The fourth-order valence-corrected chi connectivity index (χ4v) is 4.93. The van der Waals surface area contributed by atoms with Crippen LogP contribution in [-0.4, -0.2) is 25.1 Å². The monoisotopic (exact) mass is 420 g/mol. The van der Waals surface area contributed by atoms with Crippen LogP contribution in [0.4, 0.5) is 5.13 Å². The van der Waals surface area contributed by atoms with E-state index in [1.807, 2.05) is 17.5 Å². The van der Waals surface area contributed by atoms with E-state index in [0.717, 1.165) is 5.56 Å². The second-order valence-electron chi connectivity index (χ2n) is 5.81. The highest BCUT2D eigenvalue weighted by Crippen LogP contribution is 2.27. The molecule has 0 aliphatic carbocycles. The van der Waals surface area contributed by atoms with Gasteiger partial charge in [0.25, 0.3) is 5.91 Å². The van der Waals surface area contributed by atoms with Crippen molar-refractivity contribution in [1.82, 2.24) is 4.98 Å². The summed E-state index contributed by atoms with van der Waals surface area (Å²) in [6, 6.07) is 13.4. The minimum absolute atomic E-state index is 0.00470. The lowest BCUT2D eigenvalue weighted by Crippen LogP contribution is -2.17. The van der Waals surface area contributed by atoms with Crippen LogP contribution in [-0.2, 0) is 9.84 Å². The fraction of sp³-hybridized carbons (Fsp3) is 0.158. The van der Waals surface area contributed by atoms with Crippen LogP contribution in [0.15, 0.2) is 58.8 Å². The third-order valence-electron chi connectivity index (χ3n) is 3.80. The number of halogens is 1. The molecule has 1 aromatic heterocycles. The average Bonchev–Trinajstić information content (AvgIpc) is 3.10. The highest BCUT2D eigenvalue weighted by atomic mass is 35.5. The van der Waals surface area contributed by atoms with E-state index >= 15 is 0 Å². The topological polar surface area (TPSA) is 76.1 Å². The van der Waals surface area contributed by atoms with Crippen molar-refractivity contribution in [3.05, 3.63) is 64.5 Å². The third-order valence-corrected chi connectivity index (χ3v) is 6.79. The molecule has 0 spiro atoms. The molecule has 3 aromatic rings. The molecule has 2 aromatic carbocycles. The maximum Gasteiger partial charge on any atom is 0.258 e. The van der Waals surface area contributed by atoms with Gasteiger partial charge in [0.2, 0.25) is 0 Å². The van der Waals surface area contributed by atoms with E-state index in [1.165, 1.54) is 23.5 Å². The average molecular weight is 421 g/mol. The predicted octanol–water partition coefficient (Wildman–Crippen LogP) is 4.90. The molecule has 1 N–H and O–H groups in total. The summed E-state index contributed by atoms with van der Waals surface area (Å²) in [5, 5.41) is 5.54. The first-order valence-corrected chi connectivity index (χ1v) is 11.2. The van der Waals surface area contributed by atoms with Crippen LogP contribution >= 0.6 is 22.9 Å². The number of aromatic nitrogens is 1. The highest BCUT2D eigenvalue weighted by molar-refractivity contribution is 7.91. The molecule has 8 heteroatoms. The molecule has 0 aliphatic heterocycles. The van der Waals surface area contributed by atoms with Crippen LogP contribution < -0.4 is 5.32 Å². The summed E-state index contributed by atoms with van der Waals surface area (Å²) in [4.78, 5) is 17.1. The number of hydrogen-bond donors (Lipinski definition) is 1. The van der Waals surface area contributed by atoms with E-state index in [4.69, 9.17) is 11.6 Å². The van der Waals surface area contributed by atoms with Gasteiger partial charge in [-0.25, -0.2) is 13.4 Å². The molecule has 0 saturated heterocycles. The van der Waals surface area contributed by atoms with Gasteiger partial charge < -0.3 is 0 Å². The van der Waals surface area contributed by atoms with E-state index in [9.17, 15) is 13.2 Å². The molecule has 0 aliphatic rings. The van der Waals surface area contributed by atoms with Gasteiger partial charge in [-0.05, 0) is 30.7 Å². The van der Waals surface area contributed by atoms with Crippen LogP contribution in [0.1, 0.15) is 23.7 Å². The van der Waals surface area contributed by atoms with E-state index in [1.54, 1.807) is 31.2 Å². The van der Waals surface area contributed by atoms with Gasteiger partial charge in [0.05, 0.1) is 21.9 Å². The van der Waals surface area contributed by atoms with Crippen molar-refractivity contribution >= 4 is 43.8 Å². The van der Waals surface area contributed by atoms with E-state index in [-0.39, 0.29) is 16.2 Å². The zero-order valence-corrected chi connectivity index (χ0v) is 16.9. The molecule has 0 atom stereocenters. The number of hydrogen-bond acceptors (Lipinski definition) is 5. The van der Waals surface area contributed by atoms with Crippen molar-refractivity contribution in [3.8, 4) is 11.3 Å². The standard InChI is InChI=1S/C19H17ClN2O3S2/c1-2-11-27(24,25)17-6-4-3-5-15(17)18(23)22-19-21-16(12-26-19)13-7-9-14(20)10-8-13/h3-10,12H,2,11H2,1H3,(H,21,22,23). The molecule has 0 radical (unpaired) electrons. The number of nitrogens with one attached hydrogen (secondary N) is 1. The Hall–Kier alpha value is -2.22. The molecule has 0 unspecified atom stereocenters. The zero-order chi connectivity index (χ0) is 19.4. The number of carbonyl (C=O) groups is 1. The summed E-state index contributed by atoms with van der Waals surface area (Å²) in [6.07, 6.45) is 0.481. The number of anilines is 1. The normalized spacial score (nSPS) is 11.3. The lowest BCUT2D eigenvalue weighted by molar-refractivity contribution is 0.102. The summed E-state index contributed by atoms with van der Waals surface area (Å²) in [5.41, 5.74) is 1.70. The minimum Gasteiger partial charge on any atom is -0.298 e. The number of rotatable bonds is 6. The number of amides is 1. The van der Waals surface area contributed by atoms with Crippen LogP contribution in [0, 0.1) is 0 Å². The molecule has 1 heterocycles. The molecule has 0 saturated carbocycles. The summed E-state index contributed by atoms with van der Waals surface area (Å²) in [6.45, 7) is 1.79. The van der Waals surface area contributed by atoms with Crippen molar-refractivity contribution < 1.29 is 13.2 Å². The molecule has 3 rings (SSSR count). The van der Waals surface area contributed by atoms with Crippen molar-refractivity contribution in [2.75, 3.05) is 11.1 Å². The first kappa shape index (κ1) is 19.5. The van der Waals surface area contributed by atoms with Crippen molar-refractivity contribution in [3.63, 3.8) is 0 Å². The van der Waals surface area contributed by atoms with Gasteiger partial charge in [0, 0.05) is 16.0 Å². The first-order chi connectivity index (χ1) is 12.9. The molecule has 0 bridgehead atoms. The van der Waals surface area contributed by atoms with Crippen LogP contribution in [0.3, 0.4) is 0 Å². The Kier molecular flexibility index (Phi) is 5.94. The van der Waals surface area contributed by atoms with Crippen molar-refractivity contribution in [1.29, 1.82) is 0 Å². The van der Waals surface area contributed by atoms with E-state index in [2.05, 4.69) is 10.3 Å². The Morgan fingerprint density at radius 2 is 1.85 bits per heavy atom. The lowest BCUT2D eigenvalue weighted by Gasteiger charge is -2.09. The SMILES string of the molecule is CCCS(=O)(=O)c1ccccc1C(=O)Nc1nc(-c2ccc(Cl)cc2)cs1. The Morgan fingerprint density at radius 3 is 2.56 bits per heavy atom. The number of benzene rings is 2. The van der Waals surface area contributed by atoms with Gasteiger partial charge in [-0.2, -0.15) is 0 Å². The summed E-state index contributed by atoms with van der Waals surface area (Å²) in [5.74, 6) is -0.503. The smallest absolute Gasteiger partial charge is 0.258 e. The van der Waals surface area contributed by atoms with E-state index < -0.39 is 15.7 Å². The first-order valence-electron chi connectivity index (χ1n) is 8.25. The van der Waals surface area contributed by atoms with Crippen molar-refractivity contribution in [2.45, 2.75) is 18.2 Å². The third kappa shape index (κ3) is 4.55. The fourth-order valence-electron chi connectivity index (χ4n) is 2.55. The molecular weight excluding hydrogens is 404 g/mol. The van der Waals surface area contributed by atoms with Crippen LogP contribution in [0.25, 0.3) is 11.3 Å². The second kappa shape index (κ2) is 8.21. The quantitative estimate of drug-likeness (QED) is 0.615. The Morgan fingerprint density at radius 1 is 1.15 bits per heavy atom. The lowest BCUT2D eigenvalue weighted by atomic mass is 10.2. The number of nitrogens with zero attached hydrogens (tertiary/aromatic N) is 1. The predicted molar refractivity (Wildman–Crippen MR) is 109 cm³/mol. The van der Waals surface area contributed by atoms with Gasteiger partial charge in [-0.15, -0.1) is 11.3 Å². The van der Waals surface area contributed by atoms with E-state index in [0.29, 0.717) is 22.3 Å². The van der Waals surface area contributed by atoms with Crippen LogP contribution in [0.5, 0.6) is 0 Å². The number of carbonyl (C=O) groups excluding carboxylic acids is 1. The summed E-state index contributed by atoms with van der Waals surface area (Å²) < 4.78 is 24.8. The van der Waals surface area contributed by atoms with Gasteiger partial charge >= 0.3 is 0 Å². The zero-order valence-electron chi connectivity index (χ0n) is 14.5. The summed E-state index contributed by atoms with van der Waals surface area (Å²) in [7, 11) is -3.51. The Labute approximate surface area is 167 Å². The number of thiazole rings is 1. The molecule has 27 heavy (non-hydrogen) atoms.